The monoisotopic (exact) mass is 617 g/mol. The molecule has 0 saturated heterocycles. The number of anilines is 2. The molecule has 3 aromatic heterocycles. The van der Waals surface area contributed by atoms with Crippen LogP contribution in [0.1, 0.15) is 29.0 Å². The molecule has 1 amide bonds. The van der Waals surface area contributed by atoms with Crippen LogP contribution in [0, 0.1) is 0 Å². The van der Waals surface area contributed by atoms with Gasteiger partial charge in [-0.2, -0.15) is 18.3 Å². The minimum absolute atomic E-state index is 0.205. The van der Waals surface area contributed by atoms with E-state index in [0.717, 1.165) is 12.1 Å². The van der Waals surface area contributed by atoms with E-state index in [-0.39, 0.29) is 30.7 Å². The molecular formula is C28H31ClF3N7O2Si. The molecule has 1 aromatic carbocycles. The Morgan fingerprint density at radius 3 is 2.57 bits per heavy atom. The predicted octanol–water partition coefficient (Wildman–Crippen LogP) is 6.60. The lowest BCUT2D eigenvalue weighted by Crippen LogP contribution is -2.42. The fourth-order valence-electron chi connectivity index (χ4n) is 4.73. The number of aromatic nitrogens is 5. The van der Waals surface area contributed by atoms with Gasteiger partial charge in [-0.15, -0.1) is 0 Å². The number of imidazole rings is 1. The molecule has 9 nitrogen and oxygen atoms in total. The summed E-state index contributed by atoms with van der Waals surface area (Å²) >= 11 is 5.98. The van der Waals surface area contributed by atoms with Crippen LogP contribution in [-0.2, 0) is 17.6 Å². The van der Waals surface area contributed by atoms with Gasteiger partial charge in [0.05, 0.1) is 34.1 Å². The summed E-state index contributed by atoms with van der Waals surface area (Å²) in [6.45, 7) is 9.76. The Bertz CT molecular complexity index is 1610. The molecule has 42 heavy (non-hydrogen) atoms. The molecule has 0 bridgehead atoms. The van der Waals surface area contributed by atoms with E-state index >= 15 is 0 Å². The second-order valence-corrected chi connectivity index (χ2v) is 17.5. The molecule has 0 spiro atoms. The first-order chi connectivity index (χ1) is 19.7. The Morgan fingerprint density at radius 2 is 1.93 bits per heavy atom. The molecule has 1 aliphatic rings. The lowest BCUT2D eigenvalue weighted by molar-refractivity contribution is -0.137. The van der Waals surface area contributed by atoms with Crippen molar-refractivity contribution >= 4 is 37.1 Å². The maximum atomic E-state index is 13.8. The highest BCUT2D eigenvalue weighted by atomic mass is 35.5. The summed E-state index contributed by atoms with van der Waals surface area (Å²) in [5, 5.41) is 3.99. The van der Waals surface area contributed by atoms with Gasteiger partial charge in [-0.05, 0) is 43.3 Å². The largest absolute Gasteiger partial charge is 0.417 e. The fourth-order valence-corrected chi connectivity index (χ4v) is 5.77. The minimum Gasteiger partial charge on any atom is -0.384 e. The molecule has 4 aromatic rings. The smallest absolute Gasteiger partial charge is 0.384 e. The second kappa shape index (κ2) is 11.2. The van der Waals surface area contributed by atoms with Crippen LogP contribution in [0.15, 0.2) is 48.9 Å². The van der Waals surface area contributed by atoms with Gasteiger partial charge < -0.3 is 19.9 Å². The van der Waals surface area contributed by atoms with Crippen LogP contribution in [0.3, 0.4) is 0 Å². The Kier molecular flexibility index (Phi) is 7.94. The highest BCUT2D eigenvalue weighted by Crippen LogP contribution is 2.39. The van der Waals surface area contributed by atoms with E-state index in [9.17, 15) is 18.0 Å². The van der Waals surface area contributed by atoms with Gasteiger partial charge in [0.2, 0.25) is 0 Å². The van der Waals surface area contributed by atoms with Crippen molar-refractivity contribution in [2.45, 2.75) is 51.6 Å². The van der Waals surface area contributed by atoms with Gasteiger partial charge in [-0.25, -0.2) is 9.97 Å². The van der Waals surface area contributed by atoms with Crippen molar-refractivity contribution < 1.29 is 22.7 Å². The molecular weight excluding hydrogens is 587 g/mol. The van der Waals surface area contributed by atoms with E-state index in [2.05, 4.69) is 29.7 Å². The van der Waals surface area contributed by atoms with E-state index < -0.39 is 30.7 Å². The number of alkyl halides is 3. The maximum absolute atomic E-state index is 13.8. The molecule has 0 radical (unpaired) electrons. The van der Waals surface area contributed by atoms with E-state index in [1.165, 1.54) is 17.0 Å². The Hall–Kier alpha value is -3.68. The van der Waals surface area contributed by atoms with Crippen molar-refractivity contribution in [1.29, 1.82) is 0 Å². The zero-order chi connectivity index (χ0) is 30.4. The minimum atomic E-state index is -4.60. The number of benzene rings is 1. The van der Waals surface area contributed by atoms with Crippen LogP contribution in [-0.4, -0.2) is 51.4 Å². The normalized spacial score (nSPS) is 15.8. The van der Waals surface area contributed by atoms with Gasteiger partial charge in [-0.3, -0.25) is 9.48 Å². The molecule has 222 valence electrons. The van der Waals surface area contributed by atoms with E-state index in [1.54, 1.807) is 29.3 Å². The number of amides is 1. The number of fused-ring (bicyclic) bond motifs is 1. The van der Waals surface area contributed by atoms with Crippen LogP contribution in [0.25, 0.3) is 22.6 Å². The maximum Gasteiger partial charge on any atom is 0.417 e. The molecule has 14 heteroatoms. The van der Waals surface area contributed by atoms with Crippen molar-refractivity contribution in [3.05, 3.63) is 65.2 Å². The number of carbonyl (C=O) groups excluding carboxylic acids is 1. The second-order valence-electron chi connectivity index (χ2n) is 11.5. The van der Waals surface area contributed by atoms with Gasteiger partial charge in [0.1, 0.15) is 24.1 Å². The average Bonchev–Trinajstić information content (AvgIpc) is 3.53. The van der Waals surface area contributed by atoms with Crippen molar-refractivity contribution in [1.82, 2.24) is 24.3 Å². The topological polar surface area (TPSA) is 104 Å². The van der Waals surface area contributed by atoms with Crippen molar-refractivity contribution in [3.8, 4) is 22.6 Å². The highest BCUT2D eigenvalue weighted by Gasteiger charge is 2.37. The molecule has 1 atom stereocenters. The molecule has 0 fully saturated rings. The number of ether oxygens (including phenoxy) is 1. The average molecular weight is 618 g/mol. The summed E-state index contributed by atoms with van der Waals surface area (Å²) in [6.07, 6.45) is 0.396. The van der Waals surface area contributed by atoms with Crippen LogP contribution in [0.2, 0.25) is 30.7 Å². The van der Waals surface area contributed by atoms with Crippen LogP contribution in [0.4, 0.5) is 24.7 Å². The zero-order valence-electron chi connectivity index (χ0n) is 23.6. The summed E-state index contributed by atoms with van der Waals surface area (Å²) in [7, 11) is -1.29. The van der Waals surface area contributed by atoms with Crippen molar-refractivity contribution in [2.24, 2.45) is 0 Å². The summed E-state index contributed by atoms with van der Waals surface area (Å²) in [4.78, 5) is 24.3. The van der Waals surface area contributed by atoms with E-state index in [0.29, 0.717) is 35.1 Å². The van der Waals surface area contributed by atoms with Crippen LogP contribution < -0.4 is 10.6 Å². The van der Waals surface area contributed by atoms with Gasteiger partial charge in [0.15, 0.2) is 0 Å². The number of hydrogen-bond donors (Lipinski definition) is 1. The quantitative estimate of drug-likeness (QED) is 0.177. The number of halogens is 4. The Labute approximate surface area is 247 Å². The first-order valence-electron chi connectivity index (χ1n) is 13.4. The van der Waals surface area contributed by atoms with Gasteiger partial charge in [0.25, 0.3) is 5.91 Å². The van der Waals surface area contributed by atoms with Crippen molar-refractivity contribution in [3.63, 3.8) is 0 Å². The van der Waals surface area contributed by atoms with Crippen LogP contribution in [0.5, 0.6) is 0 Å². The van der Waals surface area contributed by atoms with Crippen LogP contribution >= 0.6 is 11.6 Å². The summed E-state index contributed by atoms with van der Waals surface area (Å²) in [6, 6.07) is 7.53. The third-order valence-electron chi connectivity index (χ3n) is 7.00. The number of pyridine rings is 1. The summed E-state index contributed by atoms with van der Waals surface area (Å²) in [5.41, 5.74) is 7.06. The zero-order valence-corrected chi connectivity index (χ0v) is 25.4. The highest BCUT2D eigenvalue weighted by molar-refractivity contribution is 6.76. The third-order valence-corrected chi connectivity index (χ3v) is 9.02. The standard InChI is InChI=1S/C28H31ClF3N7O2Si/c1-17-14-38(19-6-7-21(22(29)11-19)28(30,31)32)27(40)25-20(13-35-39(17)25)23-15-37(16-41-9-10-42(2,3)4)26(36-23)18-5-8-24(33)34-12-18/h5-8,11-13,15,17H,9-10,14,16H2,1-4H3,(H2,33,34)/t17-/m0/s1. The van der Waals surface area contributed by atoms with Crippen molar-refractivity contribution in [2.75, 3.05) is 23.8 Å². The van der Waals surface area contributed by atoms with E-state index in [1.807, 2.05) is 17.6 Å². The Morgan fingerprint density at radius 1 is 1.17 bits per heavy atom. The lowest BCUT2D eigenvalue weighted by Gasteiger charge is -2.32. The SMILES string of the molecule is C[C@H]1CN(c2ccc(C(F)(F)F)c(Cl)c2)C(=O)c2c(-c3cn(COCC[Si](C)(C)C)c(-c4ccc(N)nc4)n3)cnn21. The number of nitrogens with zero attached hydrogens (tertiary/aromatic N) is 6. The lowest BCUT2D eigenvalue weighted by atomic mass is 10.1. The summed E-state index contributed by atoms with van der Waals surface area (Å²) in [5.74, 6) is 0.526. The molecule has 4 heterocycles. The molecule has 0 saturated carbocycles. The molecule has 0 unspecified atom stereocenters. The first kappa shape index (κ1) is 29.8. The third kappa shape index (κ3) is 6.08. The number of nitrogen functional groups attached to an aromatic ring is 1. The number of hydrogen-bond acceptors (Lipinski definition) is 6. The predicted molar refractivity (Wildman–Crippen MR) is 158 cm³/mol. The first-order valence-corrected chi connectivity index (χ1v) is 17.4. The van der Waals surface area contributed by atoms with Gasteiger partial charge in [0, 0.05) is 44.9 Å². The van der Waals surface area contributed by atoms with Gasteiger partial charge >= 0.3 is 6.18 Å². The number of rotatable bonds is 8. The molecule has 1 aliphatic heterocycles. The van der Waals surface area contributed by atoms with E-state index in [4.69, 9.17) is 27.1 Å². The molecule has 5 rings (SSSR count). The molecule has 2 N–H and O–H groups in total. The summed E-state index contributed by atoms with van der Waals surface area (Å²) < 4.78 is 49.3. The number of carbonyl (C=O) groups is 1. The van der Waals surface area contributed by atoms with Gasteiger partial charge in [-0.1, -0.05) is 31.2 Å². The fraction of sp³-hybridized carbons (Fsp3) is 0.357. The number of nitrogens with two attached hydrogens (primary N) is 1. The molecule has 0 aliphatic carbocycles. The Balaban J connectivity index is 1.51.